The molecule has 8 nitrogen and oxygen atoms in total. The minimum absolute atomic E-state index is 0.197. The normalized spacial score (nSPS) is 10.5. The number of rotatable bonds is 5. The zero-order chi connectivity index (χ0) is 16.2. The van der Waals surface area contributed by atoms with Gasteiger partial charge in [0.1, 0.15) is 5.82 Å². The summed E-state index contributed by atoms with van der Waals surface area (Å²) in [5, 5.41) is 10.2. The fourth-order valence-corrected chi connectivity index (χ4v) is 2.14. The quantitative estimate of drug-likeness (QED) is 0.746. The molecule has 0 aliphatic carbocycles. The number of anilines is 2. The molecule has 0 saturated carbocycles. The summed E-state index contributed by atoms with van der Waals surface area (Å²) in [5.41, 5.74) is 0.956. The maximum atomic E-state index is 12.2. The number of nitrogens with zero attached hydrogens (tertiary/aromatic N) is 4. The van der Waals surface area contributed by atoms with Crippen molar-refractivity contribution in [3.8, 4) is 5.75 Å². The SMILES string of the molecule is CCNc1ccc(OC)c2nc(NC(=O)c3cccnc3)nn12. The highest BCUT2D eigenvalue weighted by molar-refractivity contribution is 6.03. The van der Waals surface area contributed by atoms with E-state index in [1.54, 1.807) is 36.0 Å². The van der Waals surface area contributed by atoms with E-state index in [9.17, 15) is 4.79 Å². The third-order valence-electron chi connectivity index (χ3n) is 3.18. The Balaban J connectivity index is 1.96. The Labute approximate surface area is 132 Å². The van der Waals surface area contributed by atoms with Gasteiger partial charge in [-0.2, -0.15) is 9.50 Å². The van der Waals surface area contributed by atoms with Crippen LogP contribution in [0.4, 0.5) is 11.8 Å². The summed E-state index contributed by atoms with van der Waals surface area (Å²) in [6, 6.07) is 7.01. The lowest BCUT2D eigenvalue weighted by molar-refractivity contribution is 0.102. The van der Waals surface area contributed by atoms with E-state index in [-0.39, 0.29) is 11.9 Å². The molecule has 0 spiro atoms. The predicted molar refractivity (Wildman–Crippen MR) is 85.9 cm³/mol. The van der Waals surface area contributed by atoms with Gasteiger partial charge in [-0.15, -0.1) is 5.10 Å². The summed E-state index contributed by atoms with van der Waals surface area (Å²) in [6.07, 6.45) is 3.09. The topological polar surface area (TPSA) is 93.4 Å². The smallest absolute Gasteiger partial charge is 0.259 e. The second-order valence-corrected chi connectivity index (χ2v) is 4.68. The van der Waals surface area contributed by atoms with E-state index in [1.807, 2.05) is 13.0 Å². The lowest BCUT2D eigenvalue weighted by Gasteiger charge is -2.07. The molecule has 3 aromatic rings. The van der Waals surface area contributed by atoms with Crippen molar-refractivity contribution in [1.29, 1.82) is 0 Å². The fourth-order valence-electron chi connectivity index (χ4n) is 2.14. The number of carbonyl (C=O) groups is 1. The van der Waals surface area contributed by atoms with E-state index < -0.39 is 0 Å². The van der Waals surface area contributed by atoms with Gasteiger partial charge >= 0.3 is 0 Å². The van der Waals surface area contributed by atoms with Gasteiger partial charge < -0.3 is 10.1 Å². The molecule has 0 aromatic carbocycles. The van der Waals surface area contributed by atoms with Crippen LogP contribution >= 0.6 is 0 Å². The van der Waals surface area contributed by atoms with Crippen LogP contribution in [0.25, 0.3) is 5.65 Å². The Morgan fingerprint density at radius 2 is 2.22 bits per heavy atom. The molecule has 1 amide bonds. The molecule has 8 heteroatoms. The Hall–Kier alpha value is -3.16. The second-order valence-electron chi connectivity index (χ2n) is 4.68. The molecule has 0 saturated heterocycles. The van der Waals surface area contributed by atoms with Gasteiger partial charge in [0.05, 0.1) is 12.7 Å². The van der Waals surface area contributed by atoms with Crippen molar-refractivity contribution in [2.45, 2.75) is 6.92 Å². The lowest BCUT2D eigenvalue weighted by atomic mass is 10.3. The van der Waals surface area contributed by atoms with Gasteiger partial charge in [0.15, 0.2) is 5.75 Å². The second kappa shape index (κ2) is 6.30. The molecule has 0 fully saturated rings. The number of fused-ring (bicyclic) bond motifs is 1. The number of hydrogen-bond acceptors (Lipinski definition) is 6. The monoisotopic (exact) mass is 312 g/mol. The van der Waals surface area contributed by atoms with Crippen molar-refractivity contribution in [3.63, 3.8) is 0 Å². The van der Waals surface area contributed by atoms with Crippen molar-refractivity contribution in [2.24, 2.45) is 0 Å². The molecule has 3 aromatic heterocycles. The largest absolute Gasteiger partial charge is 0.493 e. The number of ether oxygens (including phenoxy) is 1. The fraction of sp³-hybridized carbons (Fsp3) is 0.200. The van der Waals surface area contributed by atoms with Crippen molar-refractivity contribution in [2.75, 3.05) is 24.3 Å². The van der Waals surface area contributed by atoms with E-state index in [0.29, 0.717) is 17.0 Å². The third-order valence-corrected chi connectivity index (χ3v) is 3.18. The molecule has 3 heterocycles. The van der Waals surface area contributed by atoms with Crippen LogP contribution in [0.15, 0.2) is 36.7 Å². The number of methoxy groups -OCH3 is 1. The van der Waals surface area contributed by atoms with Crippen LogP contribution in [-0.2, 0) is 0 Å². The zero-order valence-corrected chi connectivity index (χ0v) is 12.8. The van der Waals surface area contributed by atoms with Crippen LogP contribution < -0.4 is 15.4 Å². The predicted octanol–water partition coefficient (Wildman–Crippen LogP) is 1.82. The molecule has 0 unspecified atom stereocenters. The molecule has 3 rings (SSSR count). The maximum absolute atomic E-state index is 12.2. The molecule has 0 aliphatic heterocycles. The molecule has 118 valence electrons. The third kappa shape index (κ3) is 2.91. The van der Waals surface area contributed by atoms with E-state index in [1.165, 1.54) is 6.20 Å². The van der Waals surface area contributed by atoms with E-state index in [2.05, 4.69) is 25.7 Å². The van der Waals surface area contributed by atoms with Gasteiger partial charge in [-0.1, -0.05) is 0 Å². The number of carbonyl (C=O) groups excluding carboxylic acids is 1. The van der Waals surface area contributed by atoms with Gasteiger partial charge in [0.2, 0.25) is 11.6 Å². The minimum atomic E-state index is -0.321. The van der Waals surface area contributed by atoms with Crippen molar-refractivity contribution in [3.05, 3.63) is 42.2 Å². The molecule has 0 atom stereocenters. The van der Waals surface area contributed by atoms with Crippen LogP contribution in [0.1, 0.15) is 17.3 Å². The van der Waals surface area contributed by atoms with Crippen LogP contribution in [0.2, 0.25) is 0 Å². The maximum Gasteiger partial charge on any atom is 0.259 e. The summed E-state index contributed by atoms with van der Waals surface area (Å²) in [7, 11) is 1.56. The number of amides is 1. The number of hydrogen-bond donors (Lipinski definition) is 2. The van der Waals surface area contributed by atoms with E-state index in [0.717, 1.165) is 12.4 Å². The van der Waals surface area contributed by atoms with Gasteiger partial charge in [0, 0.05) is 18.9 Å². The van der Waals surface area contributed by atoms with Gasteiger partial charge in [0.25, 0.3) is 5.91 Å². The van der Waals surface area contributed by atoms with Crippen LogP contribution in [-0.4, -0.2) is 39.1 Å². The first-order chi connectivity index (χ1) is 11.2. The van der Waals surface area contributed by atoms with Crippen LogP contribution in [0, 0.1) is 0 Å². The summed E-state index contributed by atoms with van der Waals surface area (Å²) in [5.74, 6) is 1.21. The summed E-state index contributed by atoms with van der Waals surface area (Å²) in [4.78, 5) is 20.4. The number of nitrogens with one attached hydrogen (secondary N) is 2. The highest BCUT2D eigenvalue weighted by Gasteiger charge is 2.14. The summed E-state index contributed by atoms with van der Waals surface area (Å²) in [6.45, 7) is 2.72. The number of pyridine rings is 2. The first kappa shape index (κ1) is 14.8. The molecular weight excluding hydrogens is 296 g/mol. The molecule has 2 N–H and O–H groups in total. The Morgan fingerprint density at radius 1 is 1.35 bits per heavy atom. The molecule has 0 aliphatic rings. The Morgan fingerprint density at radius 3 is 2.91 bits per heavy atom. The Kier molecular flexibility index (Phi) is 4.05. The standard InChI is InChI=1S/C15H16N6O2/c1-3-17-12-7-6-11(23-2)13-18-15(20-21(12)13)19-14(22)10-5-4-8-16-9-10/h4-9,17H,3H2,1-2H3,(H,19,20,22). The van der Waals surface area contributed by atoms with Gasteiger partial charge in [-0.3, -0.25) is 15.1 Å². The van der Waals surface area contributed by atoms with Crippen molar-refractivity contribution in [1.82, 2.24) is 19.6 Å². The van der Waals surface area contributed by atoms with Gasteiger partial charge in [-0.25, -0.2) is 0 Å². The highest BCUT2D eigenvalue weighted by Crippen LogP contribution is 2.23. The summed E-state index contributed by atoms with van der Waals surface area (Å²) < 4.78 is 6.89. The van der Waals surface area contributed by atoms with E-state index >= 15 is 0 Å². The zero-order valence-electron chi connectivity index (χ0n) is 12.8. The lowest BCUT2D eigenvalue weighted by Crippen LogP contribution is -2.13. The van der Waals surface area contributed by atoms with Crippen LogP contribution in [0.5, 0.6) is 5.75 Å². The van der Waals surface area contributed by atoms with Crippen LogP contribution in [0.3, 0.4) is 0 Å². The molecule has 23 heavy (non-hydrogen) atoms. The highest BCUT2D eigenvalue weighted by atomic mass is 16.5. The van der Waals surface area contributed by atoms with Crippen molar-refractivity contribution >= 4 is 23.3 Å². The minimum Gasteiger partial charge on any atom is -0.493 e. The average molecular weight is 312 g/mol. The molecular formula is C15H16N6O2. The van der Waals surface area contributed by atoms with Crippen molar-refractivity contribution < 1.29 is 9.53 Å². The van der Waals surface area contributed by atoms with E-state index in [4.69, 9.17) is 4.74 Å². The molecule has 0 bridgehead atoms. The summed E-state index contributed by atoms with van der Waals surface area (Å²) >= 11 is 0. The van der Waals surface area contributed by atoms with Gasteiger partial charge in [-0.05, 0) is 31.2 Å². The Bertz CT molecular complexity index is 831. The first-order valence-corrected chi connectivity index (χ1v) is 7.12. The molecule has 0 radical (unpaired) electrons. The number of aromatic nitrogens is 4. The first-order valence-electron chi connectivity index (χ1n) is 7.12. The average Bonchev–Trinajstić information content (AvgIpc) is 3.00.